The first-order valence-electron chi connectivity index (χ1n) is 6.02. The predicted octanol–water partition coefficient (Wildman–Crippen LogP) is 2.03. The average molecular weight is 241 g/mol. The lowest BCUT2D eigenvalue weighted by Crippen LogP contribution is -2.36. The second kappa shape index (κ2) is 4.31. The van der Waals surface area contributed by atoms with E-state index in [0.717, 1.165) is 35.3 Å². The first-order valence-corrected chi connectivity index (χ1v) is 6.02. The fourth-order valence-corrected chi connectivity index (χ4v) is 2.03. The van der Waals surface area contributed by atoms with E-state index in [1.807, 2.05) is 37.4 Å². The van der Waals surface area contributed by atoms with Crippen LogP contribution in [0.25, 0.3) is 10.9 Å². The van der Waals surface area contributed by atoms with Crippen LogP contribution in [0.1, 0.15) is 6.92 Å². The number of H-pyrrole nitrogens is 1. The summed E-state index contributed by atoms with van der Waals surface area (Å²) < 4.78 is 0. The molecule has 0 saturated carbocycles. The number of aromatic amines is 1. The average Bonchev–Trinajstić information content (AvgIpc) is 2.73. The monoisotopic (exact) mass is 241 g/mol. The van der Waals surface area contributed by atoms with Crippen LogP contribution in [0.2, 0.25) is 0 Å². The number of amides is 1. The summed E-state index contributed by atoms with van der Waals surface area (Å²) in [6, 6.07) is 7.85. The van der Waals surface area contributed by atoms with Crippen LogP contribution in [-0.4, -0.2) is 24.0 Å². The van der Waals surface area contributed by atoms with Crippen LogP contribution in [0.4, 0.5) is 5.69 Å². The second-order valence-electron chi connectivity index (χ2n) is 4.57. The lowest BCUT2D eigenvalue weighted by atomic mass is 10.0. The highest BCUT2D eigenvalue weighted by atomic mass is 16.1. The Kier molecular flexibility index (Phi) is 2.64. The smallest absolute Gasteiger partial charge is 0.251 e. The molecule has 2 heterocycles. The van der Waals surface area contributed by atoms with Gasteiger partial charge in [0, 0.05) is 41.4 Å². The zero-order chi connectivity index (χ0) is 12.5. The summed E-state index contributed by atoms with van der Waals surface area (Å²) in [4.78, 5) is 15.1. The molecule has 2 aromatic rings. The van der Waals surface area contributed by atoms with Crippen LogP contribution in [-0.2, 0) is 4.79 Å². The molecule has 0 radical (unpaired) electrons. The maximum absolute atomic E-state index is 12.0. The molecule has 1 fully saturated rings. The number of aromatic nitrogens is 1. The van der Waals surface area contributed by atoms with E-state index in [2.05, 4.69) is 15.6 Å². The second-order valence-corrected chi connectivity index (χ2v) is 4.57. The van der Waals surface area contributed by atoms with Gasteiger partial charge >= 0.3 is 0 Å². The van der Waals surface area contributed by atoms with E-state index in [1.165, 1.54) is 5.57 Å². The Morgan fingerprint density at radius 1 is 1.28 bits per heavy atom. The van der Waals surface area contributed by atoms with Gasteiger partial charge in [-0.05, 0) is 36.8 Å². The number of carbonyl (C=O) groups excluding carboxylic acids is 1. The van der Waals surface area contributed by atoms with Crippen LogP contribution in [0.5, 0.6) is 0 Å². The van der Waals surface area contributed by atoms with Gasteiger partial charge in [-0.2, -0.15) is 0 Å². The maximum Gasteiger partial charge on any atom is 0.251 e. The van der Waals surface area contributed by atoms with Gasteiger partial charge in [-0.3, -0.25) is 4.79 Å². The lowest BCUT2D eigenvalue weighted by Gasteiger charge is -2.21. The van der Waals surface area contributed by atoms with Crippen LogP contribution < -0.4 is 10.6 Å². The van der Waals surface area contributed by atoms with Crippen molar-refractivity contribution in [2.75, 3.05) is 18.4 Å². The quantitative estimate of drug-likeness (QED) is 0.705. The minimum Gasteiger partial charge on any atom is -0.361 e. The number of hydrogen-bond acceptors (Lipinski definition) is 2. The number of hydrogen-bond donors (Lipinski definition) is 3. The van der Waals surface area contributed by atoms with E-state index in [4.69, 9.17) is 0 Å². The molecule has 3 rings (SSSR count). The molecule has 18 heavy (non-hydrogen) atoms. The molecule has 1 aromatic carbocycles. The van der Waals surface area contributed by atoms with Gasteiger partial charge in [0.05, 0.1) is 0 Å². The zero-order valence-corrected chi connectivity index (χ0v) is 10.2. The molecule has 1 saturated heterocycles. The molecule has 3 N–H and O–H groups in total. The molecule has 4 heteroatoms. The number of anilines is 1. The summed E-state index contributed by atoms with van der Waals surface area (Å²) >= 11 is 0. The Morgan fingerprint density at radius 2 is 2.11 bits per heavy atom. The molecule has 1 aliphatic heterocycles. The van der Waals surface area contributed by atoms with E-state index < -0.39 is 0 Å². The van der Waals surface area contributed by atoms with Gasteiger partial charge < -0.3 is 15.6 Å². The number of fused-ring (bicyclic) bond motifs is 1. The molecule has 92 valence electrons. The van der Waals surface area contributed by atoms with Crippen LogP contribution in [0.15, 0.2) is 41.6 Å². The summed E-state index contributed by atoms with van der Waals surface area (Å²) in [5.41, 5.74) is 3.92. The summed E-state index contributed by atoms with van der Waals surface area (Å²) in [6.45, 7) is 3.53. The van der Waals surface area contributed by atoms with E-state index in [0.29, 0.717) is 0 Å². The standard InChI is InChI=1S/C14H15N3O/c1-9(11-7-15-8-11)14(18)17-12-2-3-13-10(6-12)4-5-16-13/h2-6,15-16H,7-8H2,1H3,(H,17,18). The third-order valence-corrected chi connectivity index (χ3v) is 3.36. The molecule has 0 atom stereocenters. The molecule has 1 amide bonds. The molecule has 4 nitrogen and oxygen atoms in total. The molecular formula is C14H15N3O. The predicted molar refractivity (Wildman–Crippen MR) is 72.5 cm³/mol. The van der Waals surface area contributed by atoms with E-state index in [9.17, 15) is 4.79 Å². The summed E-state index contributed by atoms with van der Waals surface area (Å²) in [5, 5.41) is 7.17. The zero-order valence-electron chi connectivity index (χ0n) is 10.2. The van der Waals surface area contributed by atoms with Gasteiger partial charge in [-0.1, -0.05) is 0 Å². The highest BCUT2D eigenvalue weighted by molar-refractivity contribution is 6.04. The highest BCUT2D eigenvalue weighted by Gasteiger charge is 2.16. The van der Waals surface area contributed by atoms with E-state index in [1.54, 1.807) is 0 Å². The SMILES string of the molecule is CC(C(=O)Nc1ccc2[nH]ccc2c1)=C1CNC1. The van der Waals surface area contributed by atoms with E-state index >= 15 is 0 Å². The lowest BCUT2D eigenvalue weighted by molar-refractivity contribution is -0.112. The van der Waals surface area contributed by atoms with Crippen molar-refractivity contribution in [3.8, 4) is 0 Å². The maximum atomic E-state index is 12.0. The highest BCUT2D eigenvalue weighted by Crippen LogP contribution is 2.19. The Morgan fingerprint density at radius 3 is 2.83 bits per heavy atom. The number of benzene rings is 1. The molecule has 1 aromatic heterocycles. The van der Waals surface area contributed by atoms with Crippen LogP contribution in [0.3, 0.4) is 0 Å². The molecule has 0 aliphatic carbocycles. The number of nitrogens with one attached hydrogen (secondary N) is 3. The summed E-state index contributed by atoms with van der Waals surface area (Å²) in [7, 11) is 0. The third kappa shape index (κ3) is 1.91. The molecule has 0 unspecified atom stereocenters. The van der Waals surface area contributed by atoms with Gasteiger partial charge in [-0.25, -0.2) is 0 Å². The summed E-state index contributed by atoms with van der Waals surface area (Å²) in [6.07, 6.45) is 1.89. The fourth-order valence-electron chi connectivity index (χ4n) is 2.03. The Labute approximate surface area is 105 Å². The summed E-state index contributed by atoms with van der Waals surface area (Å²) in [5.74, 6) is -0.0126. The van der Waals surface area contributed by atoms with E-state index in [-0.39, 0.29) is 5.91 Å². The fraction of sp³-hybridized carbons (Fsp3) is 0.214. The number of carbonyl (C=O) groups is 1. The minimum atomic E-state index is -0.0126. The van der Waals surface area contributed by atoms with Gasteiger partial charge in [0.2, 0.25) is 0 Å². The van der Waals surface area contributed by atoms with Crippen LogP contribution in [0, 0.1) is 0 Å². The van der Waals surface area contributed by atoms with Gasteiger partial charge in [0.25, 0.3) is 5.91 Å². The van der Waals surface area contributed by atoms with Crippen molar-refractivity contribution in [2.45, 2.75) is 6.92 Å². The van der Waals surface area contributed by atoms with Crippen molar-refractivity contribution in [3.63, 3.8) is 0 Å². The van der Waals surface area contributed by atoms with Gasteiger partial charge in [0.15, 0.2) is 0 Å². The van der Waals surface area contributed by atoms with Gasteiger partial charge in [-0.15, -0.1) is 0 Å². The Hall–Kier alpha value is -2.07. The first-order chi connectivity index (χ1) is 8.74. The molecule has 0 bridgehead atoms. The van der Waals surface area contributed by atoms with Crippen LogP contribution >= 0.6 is 0 Å². The normalized spacial score (nSPS) is 14.4. The molecule has 1 aliphatic rings. The van der Waals surface area contributed by atoms with Crippen molar-refractivity contribution < 1.29 is 4.79 Å². The topological polar surface area (TPSA) is 56.9 Å². The van der Waals surface area contributed by atoms with Crippen molar-refractivity contribution in [1.82, 2.24) is 10.3 Å². The Balaban J connectivity index is 1.81. The minimum absolute atomic E-state index is 0.0126. The third-order valence-electron chi connectivity index (χ3n) is 3.36. The molecular weight excluding hydrogens is 226 g/mol. The van der Waals surface area contributed by atoms with Gasteiger partial charge in [0.1, 0.15) is 0 Å². The van der Waals surface area contributed by atoms with Crippen molar-refractivity contribution in [3.05, 3.63) is 41.6 Å². The molecule has 0 spiro atoms. The van der Waals surface area contributed by atoms with Crippen molar-refractivity contribution in [2.24, 2.45) is 0 Å². The van der Waals surface area contributed by atoms with Crippen molar-refractivity contribution in [1.29, 1.82) is 0 Å². The van der Waals surface area contributed by atoms with Crippen molar-refractivity contribution >= 4 is 22.5 Å². The first kappa shape index (κ1) is 11.0. The largest absolute Gasteiger partial charge is 0.361 e. The number of rotatable bonds is 2. The Bertz CT molecular complexity index is 633.